The lowest BCUT2D eigenvalue weighted by Crippen LogP contribution is -2.42. The summed E-state index contributed by atoms with van der Waals surface area (Å²) in [6, 6.07) is 3.68. The Kier molecular flexibility index (Phi) is 5.44. The molecule has 1 aromatic carbocycles. The van der Waals surface area contributed by atoms with E-state index in [1.54, 1.807) is 7.11 Å². The highest BCUT2D eigenvalue weighted by atomic mass is 79.9. The van der Waals surface area contributed by atoms with Crippen LogP contribution < -0.4 is 10.1 Å². The van der Waals surface area contributed by atoms with Gasteiger partial charge in [-0.15, -0.1) is 0 Å². The van der Waals surface area contributed by atoms with Gasteiger partial charge in [-0.3, -0.25) is 0 Å². The number of methoxy groups -OCH3 is 2. The maximum Gasteiger partial charge on any atom is 0.172 e. The molecular formula is C13H20BrNO3. The Morgan fingerprint density at radius 3 is 2.56 bits per heavy atom. The fourth-order valence-corrected chi connectivity index (χ4v) is 2.13. The molecule has 0 atom stereocenters. The highest BCUT2D eigenvalue weighted by Crippen LogP contribution is 2.35. The van der Waals surface area contributed by atoms with Crippen molar-refractivity contribution in [3.05, 3.63) is 22.2 Å². The molecule has 0 spiro atoms. The van der Waals surface area contributed by atoms with Crippen molar-refractivity contribution in [3.63, 3.8) is 0 Å². The third kappa shape index (κ3) is 4.15. The maximum atomic E-state index is 9.72. The SMILES string of the molecule is COCC(C)(C)NCc1cc(Br)c(O)c(OC)c1. The van der Waals surface area contributed by atoms with Gasteiger partial charge in [-0.1, -0.05) is 0 Å². The van der Waals surface area contributed by atoms with Gasteiger partial charge in [0.05, 0.1) is 18.2 Å². The normalized spacial score (nSPS) is 11.6. The van der Waals surface area contributed by atoms with E-state index in [0.29, 0.717) is 23.4 Å². The second-order valence-corrected chi connectivity index (χ2v) is 5.65. The Morgan fingerprint density at radius 2 is 2.00 bits per heavy atom. The molecule has 0 radical (unpaired) electrons. The number of aromatic hydroxyl groups is 1. The number of halogens is 1. The van der Waals surface area contributed by atoms with E-state index in [4.69, 9.17) is 9.47 Å². The molecule has 0 fully saturated rings. The van der Waals surface area contributed by atoms with Gasteiger partial charge in [0.2, 0.25) is 0 Å². The summed E-state index contributed by atoms with van der Waals surface area (Å²) in [4.78, 5) is 0. The van der Waals surface area contributed by atoms with Gasteiger partial charge in [0.1, 0.15) is 0 Å². The molecule has 102 valence electrons. The summed E-state index contributed by atoms with van der Waals surface area (Å²) in [5, 5.41) is 13.1. The van der Waals surface area contributed by atoms with Crippen LogP contribution in [0, 0.1) is 0 Å². The van der Waals surface area contributed by atoms with Crippen LogP contribution in [0.2, 0.25) is 0 Å². The van der Waals surface area contributed by atoms with Gasteiger partial charge in [-0.25, -0.2) is 0 Å². The predicted octanol–water partition coefficient (Wildman–Crippen LogP) is 2.68. The molecule has 0 saturated carbocycles. The molecule has 5 heteroatoms. The van der Waals surface area contributed by atoms with E-state index < -0.39 is 0 Å². The topological polar surface area (TPSA) is 50.7 Å². The molecular weight excluding hydrogens is 298 g/mol. The number of hydrogen-bond acceptors (Lipinski definition) is 4. The van der Waals surface area contributed by atoms with Crippen molar-refractivity contribution in [2.75, 3.05) is 20.8 Å². The van der Waals surface area contributed by atoms with Gasteiger partial charge in [-0.2, -0.15) is 0 Å². The largest absolute Gasteiger partial charge is 0.503 e. The summed E-state index contributed by atoms with van der Waals surface area (Å²) < 4.78 is 10.9. The smallest absolute Gasteiger partial charge is 0.172 e. The number of phenols is 1. The van der Waals surface area contributed by atoms with Crippen molar-refractivity contribution < 1.29 is 14.6 Å². The monoisotopic (exact) mass is 317 g/mol. The third-order valence-corrected chi connectivity index (χ3v) is 3.19. The van der Waals surface area contributed by atoms with E-state index in [2.05, 4.69) is 35.1 Å². The number of benzene rings is 1. The number of phenolic OH excluding ortho intramolecular Hbond substituents is 1. The molecule has 0 aromatic heterocycles. The second-order valence-electron chi connectivity index (χ2n) is 4.80. The lowest BCUT2D eigenvalue weighted by Gasteiger charge is -2.25. The number of ether oxygens (including phenoxy) is 2. The molecule has 0 aliphatic heterocycles. The van der Waals surface area contributed by atoms with Gasteiger partial charge in [0, 0.05) is 19.2 Å². The van der Waals surface area contributed by atoms with Crippen molar-refractivity contribution in [1.29, 1.82) is 0 Å². The van der Waals surface area contributed by atoms with Gasteiger partial charge < -0.3 is 19.9 Å². The molecule has 0 amide bonds. The van der Waals surface area contributed by atoms with Crippen LogP contribution in [-0.2, 0) is 11.3 Å². The average molecular weight is 318 g/mol. The Hall–Kier alpha value is -0.780. The van der Waals surface area contributed by atoms with Gasteiger partial charge in [-0.05, 0) is 47.5 Å². The van der Waals surface area contributed by atoms with E-state index in [0.717, 1.165) is 5.56 Å². The lowest BCUT2D eigenvalue weighted by atomic mass is 10.1. The standard InChI is InChI=1S/C13H20BrNO3/c1-13(2,8-17-3)15-7-9-5-10(14)12(16)11(6-9)18-4/h5-6,15-16H,7-8H2,1-4H3. The molecule has 0 unspecified atom stereocenters. The van der Waals surface area contributed by atoms with Crippen LogP contribution in [0.4, 0.5) is 0 Å². The maximum absolute atomic E-state index is 9.72. The summed E-state index contributed by atoms with van der Waals surface area (Å²) >= 11 is 3.31. The molecule has 0 aliphatic rings. The summed E-state index contributed by atoms with van der Waals surface area (Å²) in [6.07, 6.45) is 0. The first-order valence-electron chi connectivity index (χ1n) is 5.69. The second kappa shape index (κ2) is 6.41. The minimum atomic E-state index is -0.105. The number of hydrogen-bond donors (Lipinski definition) is 2. The number of nitrogens with one attached hydrogen (secondary N) is 1. The van der Waals surface area contributed by atoms with Crippen LogP contribution in [0.5, 0.6) is 11.5 Å². The Bertz CT molecular complexity index is 407. The fraction of sp³-hybridized carbons (Fsp3) is 0.538. The number of rotatable bonds is 6. The Balaban J connectivity index is 2.77. The quantitative estimate of drug-likeness (QED) is 0.847. The van der Waals surface area contributed by atoms with Crippen LogP contribution in [0.1, 0.15) is 19.4 Å². The van der Waals surface area contributed by atoms with E-state index in [-0.39, 0.29) is 11.3 Å². The summed E-state index contributed by atoms with van der Waals surface area (Å²) in [6.45, 7) is 5.45. The van der Waals surface area contributed by atoms with E-state index in [9.17, 15) is 5.11 Å². The molecule has 0 bridgehead atoms. The Labute approximate surface area is 116 Å². The first kappa shape index (κ1) is 15.3. The minimum absolute atomic E-state index is 0.105. The van der Waals surface area contributed by atoms with Gasteiger partial charge >= 0.3 is 0 Å². The molecule has 18 heavy (non-hydrogen) atoms. The molecule has 2 N–H and O–H groups in total. The van der Waals surface area contributed by atoms with Crippen LogP contribution in [-0.4, -0.2) is 31.5 Å². The first-order valence-corrected chi connectivity index (χ1v) is 6.48. The van der Waals surface area contributed by atoms with Crippen molar-refractivity contribution in [1.82, 2.24) is 5.32 Å². The predicted molar refractivity (Wildman–Crippen MR) is 75.2 cm³/mol. The fourth-order valence-electron chi connectivity index (χ4n) is 1.64. The molecule has 1 rings (SSSR count). The van der Waals surface area contributed by atoms with E-state index in [1.807, 2.05) is 12.1 Å². The van der Waals surface area contributed by atoms with Gasteiger partial charge in [0.15, 0.2) is 11.5 Å². The summed E-state index contributed by atoms with van der Waals surface area (Å²) in [7, 11) is 3.22. The molecule has 0 heterocycles. The average Bonchev–Trinajstić information content (AvgIpc) is 2.30. The Morgan fingerprint density at radius 1 is 1.33 bits per heavy atom. The molecule has 0 aliphatic carbocycles. The van der Waals surface area contributed by atoms with Crippen LogP contribution in [0.3, 0.4) is 0 Å². The van der Waals surface area contributed by atoms with E-state index >= 15 is 0 Å². The van der Waals surface area contributed by atoms with Crippen molar-refractivity contribution in [2.24, 2.45) is 0 Å². The minimum Gasteiger partial charge on any atom is -0.503 e. The zero-order valence-corrected chi connectivity index (χ0v) is 12.8. The zero-order chi connectivity index (χ0) is 13.8. The molecule has 4 nitrogen and oxygen atoms in total. The lowest BCUT2D eigenvalue weighted by molar-refractivity contribution is 0.127. The van der Waals surface area contributed by atoms with Crippen molar-refractivity contribution >= 4 is 15.9 Å². The zero-order valence-electron chi connectivity index (χ0n) is 11.2. The summed E-state index contributed by atoms with van der Waals surface area (Å²) in [5.74, 6) is 0.586. The van der Waals surface area contributed by atoms with Gasteiger partial charge in [0.25, 0.3) is 0 Å². The van der Waals surface area contributed by atoms with Crippen LogP contribution >= 0.6 is 15.9 Å². The molecule has 1 aromatic rings. The highest BCUT2D eigenvalue weighted by molar-refractivity contribution is 9.10. The third-order valence-electron chi connectivity index (χ3n) is 2.58. The van der Waals surface area contributed by atoms with E-state index in [1.165, 1.54) is 7.11 Å². The highest BCUT2D eigenvalue weighted by Gasteiger charge is 2.17. The van der Waals surface area contributed by atoms with Crippen molar-refractivity contribution in [3.8, 4) is 11.5 Å². The molecule has 0 saturated heterocycles. The first-order chi connectivity index (χ1) is 8.39. The summed E-state index contributed by atoms with van der Waals surface area (Å²) in [5.41, 5.74) is 0.924. The van der Waals surface area contributed by atoms with Crippen LogP contribution in [0.15, 0.2) is 16.6 Å². The van der Waals surface area contributed by atoms with Crippen LogP contribution in [0.25, 0.3) is 0 Å². The van der Waals surface area contributed by atoms with Crippen molar-refractivity contribution in [2.45, 2.75) is 25.9 Å².